The van der Waals surface area contributed by atoms with Crippen LogP contribution in [0, 0.1) is 0 Å². The molecule has 0 aromatic carbocycles. The van der Waals surface area contributed by atoms with Crippen LogP contribution in [0.15, 0.2) is 4.99 Å². The number of hydrogen-bond donors (Lipinski definition) is 0. The zero-order valence-electron chi connectivity index (χ0n) is 9.17. The minimum atomic E-state index is 0.519. The summed E-state index contributed by atoms with van der Waals surface area (Å²) in [5.74, 6) is 0. The van der Waals surface area contributed by atoms with Gasteiger partial charge in [-0.15, -0.1) is 0 Å². The van der Waals surface area contributed by atoms with Gasteiger partial charge in [-0.25, -0.2) is 0 Å². The van der Waals surface area contributed by atoms with E-state index >= 15 is 0 Å². The smallest absolute Gasteiger partial charge is 0.125 e. The Labute approximate surface area is 86.8 Å². The number of carbonyl (C=O) groups excluding carboxylic acids is 1. The maximum atomic E-state index is 10.5. The average Bonchev–Trinajstić information content (AvgIpc) is 2.20. The Kier molecular flexibility index (Phi) is 5.50. The fourth-order valence-corrected chi connectivity index (χ4v) is 2.07. The quantitative estimate of drug-likeness (QED) is 0.489. The molecule has 0 bridgehead atoms. The van der Waals surface area contributed by atoms with E-state index in [1.807, 2.05) is 0 Å². The number of aliphatic imine (C=N–C) groups is 1. The summed E-state index contributed by atoms with van der Waals surface area (Å²) in [5.41, 5.74) is 1.12. The zero-order chi connectivity index (χ0) is 10.2. The van der Waals surface area contributed by atoms with E-state index in [0.717, 1.165) is 24.8 Å². The second-order valence-corrected chi connectivity index (χ2v) is 4.11. The normalized spacial score (nSPS) is 19.6. The van der Waals surface area contributed by atoms with Crippen molar-refractivity contribution in [2.45, 2.75) is 64.3 Å². The first-order valence-electron chi connectivity index (χ1n) is 5.86. The Morgan fingerprint density at radius 1 is 1.36 bits per heavy atom. The van der Waals surface area contributed by atoms with E-state index in [-0.39, 0.29) is 0 Å². The Bertz CT molecular complexity index is 192. The van der Waals surface area contributed by atoms with E-state index in [9.17, 15) is 4.79 Å². The van der Waals surface area contributed by atoms with Gasteiger partial charge >= 0.3 is 0 Å². The molecule has 2 nitrogen and oxygen atoms in total. The summed E-state index contributed by atoms with van der Waals surface area (Å²) in [7, 11) is 0. The summed E-state index contributed by atoms with van der Waals surface area (Å²) in [5, 5.41) is 0. The Hall–Kier alpha value is -0.660. The molecule has 0 spiro atoms. The first kappa shape index (κ1) is 11.4. The van der Waals surface area contributed by atoms with Crippen LogP contribution in [-0.2, 0) is 4.79 Å². The van der Waals surface area contributed by atoms with Crippen molar-refractivity contribution in [2.75, 3.05) is 0 Å². The van der Waals surface area contributed by atoms with Crippen molar-refractivity contribution in [3.8, 4) is 0 Å². The molecule has 80 valence electrons. The lowest BCUT2D eigenvalue weighted by Gasteiger charge is -2.18. The van der Waals surface area contributed by atoms with Crippen molar-refractivity contribution >= 4 is 12.0 Å². The lowest BCUT2D eigenvalue weighted by atomic mass is 9.95. The number of rotatable bonds is 5. The van der Waals surface area contributed by atoms with E-state index in [4.69, 9.17) is 4.99 Å². The fourth-order valence-electron chi connectivity index (χ4n) is 2.07. The zero-order valence-corrected chi connectivity index (χ0v) is 9.17. The highest BCUT2D eigenvalue weighted by Gasteiger charge is 2.12. The third kappa shape index (κ3) is 4.03. The van der Waals surface area contributed by atoms with Crippen molar-refractivity contribution < 1.29 is 4.79 Å². The van der Waals surface area contributed by atoms with Gasteiger partial charge in [0.1, 0.15) is 6.29 Å². The highest BCUT2D eigenvalue weighted by atomic mass is 16.1. The predicted octanol–water partition coefficient (Wildman–Crippen LogP) is 3.15. The molecule has 0 amide bonds. The highest BCUT2D eigenvalue weighted by Crippen LogP contribution is 2.21. The maximum Gasteiger partial charge on any atom is 0.125 e. The van der Waals surface area contributed by atoms with Crippen LogP contribution in [0.5, 0.6) is 0 Å². The Morgan fingerprint density at radius 3 is 2.64 bits per heavy atom. The number of nitrogens with zero attached hydrogens (tertiary/aromatic N) is 1. The van der Waals surface area contributed by atoms with Gasteiger partial charge < -0.3 is 4.79 Å². The van der Waals surface area contributed by atoms with Gasteiger partial charge in [-0.2, -0.15) is 0 Å². The monoisotopic (exact) mass is 195 g/mol. The summed E-state index contributed by atoms with van der Waals surface area (Å²) in [6, 6.07) is 0.519. The number of hydrogen-bond acceptors (Lipinski definition) is 2. The molecule has 0 aromatic heterocycles. The molecular weight excluding hydrogens is 174 g/mol. The van der Waals surface area contributed by atoms with Gasteiger partial charge in [-0.05, 0) is 19.3 Å². The molecule has 0 aliphatic heterocycles. The highest BCUT2D eigenvalue weighted by molar-refractivity contribution is 5.94. The van der Waals surface area contributed by atoms with Gasteiger partial charge in [0.15, 0.2) is 0 Å². The molecule has 0 saturated heterocycles. The molecule has 1 rings (SSSR count). The van der Waals surface area contributed by atoms with E-state index in [1.54, 1.807) is 0 Å². The van der Waals surface area contributed by atoms with Crippen LogP contribution >= 0.6 is 0 Å². The molecule has 0 aromatic rings. The average molecular weight is 195 g/mol. The SMILES string of the molecule is CCCC(CC=O)=NC1CCCCC1. The van der Waals surface area contributed by atoms with Crippen LogP contribution in [0.1, 0.15) is 58.3 Å². The lowest BCUT2D eigenvalue weighted by molar-refractivity contribution is -0.106. The standard InChI is InChI=1S/C12H21NO/c1-2-6-11(9-10-14)13-12-7-4-3-5-8-12/h10,12H,2-9H2,1H3. The minimum absolute atomic E-state index is 0.519. The van der Waals surface area contributed by atoms with Crippen LogP contribution in [0.4, 0.5) is 0 Å². The largest absolute Gasteiger partial charge is 0.303 e. The molecule has 1 aliphatic carbocycles. The molecule has 14 heavy (non-hydrogen) atoms. The number of carbonyl (C=O) groups is 1. The van der Waals surface area contributed by atoms with Crippen molar-refractivity contribution in [3.63, 3.8) is 0 Å². The minimum Gasteiger partial charge on any atom is -0.303 e. The van der Waals surface area contributed by atoms with Gasteiger partial charge in [0.25, 0.3) is 0 Å². The van der Waals surface area contributed by atoms with Gasteiger partial charge in [0, 0.05) is 18.2 Å². The molecule has 1 saturated carbocycles. The predicted molar refractivity (Wildman–Crippen MR) is 59.9 cm³/mol. The number of aldehydes is 1. The fraction of sp³-hybridized carbons (Fsp3) is 0.833. The molecule has 0 unspecified atom stereocenters. The van der Waals surface area contributed by atoms with E-state index < -0.39 is 0 Å². The van der Waals surface area contributed by atoms with Crippen LogP contribution < -0.4 is 0 Å². The topological polar surface area (TPSA) is 29.4 Å². The third-order valence-electron chi connectivity index (χ3n) is 2.80. The molecular formula is C12H21NO. The second kappa shape index (κ2) is 6.74. The summed E-state index contributed by atoms with van der Waals surface area (Å²) >= 11 is 0. The van der Waals surface area contributed by atoms with Crippen molar-refractivity contribution in [2.24, 2.45) is 4.99 Å². The molecule has 0 N–H and O–H groups in total. The molecule has 2 heteroatoms. The van der Waals surface area contributed by atoms with Gasteiger partial charge in [0.2, 0.25) is 0 Å². The molecule has 0 heterocycles. The summed E-state index contributed by atoms with van der Waals surface area (Å²) in [6.07, 6.45) is 10.1. The first-order chi connectivity index (χ1) is 6.86. The Balaban J connectivity index is 2.45. The first-order valence-corrected chi connectivity index (χ1v) is 5.86. The van der Waals surface area contributed by atoms with Crippen molar-refractivity contribution in [1.29, 1.82) is 0 Å². The van der Waals surface area contributed by atoms with Crippen LogP contribution in [0.25, 0.3) is 0 Å². The van der Waals surface area contributed by atoms with Gasteiger partial charge in [-0.3, -0.25) is 4.99 Å². The lowest BCUT2D eigenvalue weighted by Crippen LogP contribution is -2.13. The van der Waals surface area contributed by atoms with Crippen LogP contribution in [0.2, 0.25) is 0 Å². The molecule has 0 atom stereocenters. The van der Waals surface area contributed by atoms with E-state index in [1.165, 1.54) is 32.1 Å². The van der Waals surface area contributed by atoms with Crippen LogP contribution in [0.3, 0.4) is 0 Å². The van der Waals surface area contributed by atoms with E-state index in [2.05, 4.69) is 6.92 Å². The Morgan fingerprint density at radius 2 is 2.07 bits per heavy atom. The van der Waals surface area contributed by atoms with Gasteiger partial charge in [-0.1, -0.05) is 32.6 Å². The summed E-state index contributed by atoms with van der Waals surface area (Å²) < 4.78 is 0. The van der Waals surface area contributed by atoms with E-state index in [0.29, 0.717) is 12.5 Å². The van der Waals surface area contributed by atoms with Crippen molar-refractivity contribution in [3.05, 3.63) is 0 Å². The molecule has 0 radical (unpaired) electrons. The molecule has 1 aliphatic rings. The summed E-state index contributed by atoms with van der Waals surface area (Å²) in [6.45, 7) is 2.14. The van der Waals surface area contributed by atoms with Crippen molar-refractivity contribution in [1.82, 2.24) is 0 Å². The van der Waals surface area contributed by atoms with Crippen LogP contribution in [-0.4, -0.2) is 18.0 Å². The molecule has 1 fully saturated rings. The van der Waals surface area contributed by atoms with Gasteiger partial charge in [0.05, 0.1) is 0 Å². The third-order valence-corrected chi connectivity index (χ3v) is 2.80. The maximum absolute atomic E-state index is 10.5. The summed E-state index contributed by atoms with van der Waals surface area (Å²) in [4.78, 5) is 15.2. The second-order valence-electron chi connectivity index (χ2n) is 4.11.